The molecule has 0 aliphatic carbocycles. The fourth-order valence-corrected chi connectivity index (χ4v) is 4.24. The summed E-state index contributed by atoms with van der Waals surface area (Å²) >= 11 is 9.53. The number of rotatable bonds is 2. The second-order valence-electron chi connectivity index (χ2n) is 15.0. The molecule has 3 aliphatic heterocycles. The third kappa shape index (κ3) is 15.7. The Morgan fingerprint density at radius 1 is 0.756 bits per heavy atom. The molecule has 0 N–H and O–H groups in total. The van der Waals surface area contributed by atoms with Crippen LogP contribution in [-0.2, 0) is 33.3 Å². The van der Waals surface area contributed by atoms with Gasteiger partial charge in [-0.2, -0.15) is 0 Å². The Hall–Kier alpha value is -2.24. The molecule has 3 saturated heterocycles. The first-order valence-corrected chi connectivity index (χ1v) is 15.7. The lowest BCUT2D eigenvalue weighted by Crippen LogP contribution is -2.45. The molecule has 262 valence electrons. The molecule has 3 heterocycles. The summed E-state index contributed by atoms with van der Waals surface area (Å²) in [4.78, 5) is 51.8. The second kappa shape index (κ2) is 16.0. The van der Waals surface area contributed by atoms with Gasteiger partial charge in [-0.05, 0) is 83.1 Å². The zero-order valence-corrected chi connectivity index (χ0v) is 29.9. The highest BCUT2D eigenvalue weighted by Gasteiger charge is 2.58. The summed E-state index contributed by atoms with van der Waals surface area (Å²) < 4.78 is 26.9. The van der Waals surface area contributed by atoms with E-state index in [1.54, 1.807) is 83.1 Å². The van der Waals surface area contributed by atoms with Crippen LogP contribution in [0.25, 0.3) is 0 Å². The minimum Gasteiger partial charge on any atom is -0.458 e. The largest absolute Gasteiger partial charge is 0.458 e. The maximum Gasteiger partial charge on any atom is 0.411 e. The van der Waals surface area contributed by atoms with Crippen molar-refractivity contribution in [2.75, 3.05) is 25.0 Å². The van der Waals surface area contributed by atoms with Crippen molar-refractivity contribution in [3.8, 4) is 0 Å². The summed E-state index contributed by atoms with van der Waals surface area (Å²) in [6.45, 7) is 26.7. The van der Waals surface area contributed by atoms with Gasteiger partial charge >= 0.3 is 24.1 Å². The van der Waals surface area contributed by atoms with Crippen LogP contribution in [-0.4, -0.2) is 99.0 Å². The zero-order chi connectivity index (χ0) is 34.5. The number of esters is 2. The summed E-state index contributed by atoms with van der Waals surface area (Å²) in [5.74, 6) is -0.817. The Balaban J connectivity index is 0.000000776. The lowest BCUT2D eigenvalue weighted by Gasteiger charge is -2.29. The van der Waals surface area contributed by atoms with E-state index in [0.29, 0.717) is 32.5 Å². The van der Waals surface area contributed by atoms with Crippen molar-refractivity contribution >= 4 is 47.3 Å². The molecule has 0 unspecified atom stereocenters. The Bertz CT molecular complexity index is 973. The molecule has 3 fully saturated rings. The number of nitrogens with zero attached hydrogens (tertiary/aromatic N) is 2. The van der Waals surface area contributed by atoms with Crippen LogP contribution >= 0.6 is 23.2 Å². The van der Waals surface area contributed by atoms with Crippen LogP contribution < -0.4 is 0 Å². The minimum atomic E-state index is -0.642. The van der Waals surface area contributed by atoms with E-state index in [0.717, 1.165) is 5.57 Å². The molecule has 13 heteroatoms. The summed E-state index contributed by atoms with van der Waals surface area (Å²) in [5, 5.41) is 0.194. The zero-order valence-electron chi connectivity index (χ0n) is 28.4. The lowest BCUT2D eigenvalue weighted by molar-refractivity contribution is -0.161. The first-order valence-electron chi connectivity index (χ1n) is 14.6. The van der Waals surface area contributed by atoms with Crippen molar-refractivity contribution in [1.82, 2.24) is 9.80 Å². The average molecular weight is 684 g/mol. The molecule has 3 aliphatic rings. The van der Waals surface area contributed by atoms with Crippen molar-refractivity contribution in [3.05, 3.63) is 12.2 Å². The number of hydrogen-bond donors (Lipinski definition) is 0. The molecule has 0 saturated carbocycles. The third-order valence-corrected chi connectivity index (χ3v) is 5.82. The van der Waals surface area contributed by atoms with Crippen molar-refractivity contribution in [2.45, 2.75) is 143 Å². The molecule has 3 rings (SSSR count). The number of alkyl halides is 2. The van der Waals surface area contributed by atoms with Crippen LogP contribution in [0.2, 0.25) is 0 Å². The summed E-state index contributed by atoms with van der Waals surface area (Å²) in [6, 6.07) is -1.28. The average Bonchev–Trinajstić information content (AvgIpc) is 3.23. The van der Waals surface area contributed by atoms with E-state index < -0.39 is 58.6 Å². The van der Waals surface area contributed by atoms with E-state index in [2.05, 4.69) is 6.58 Å². The van der Waals surface area contributed by atoms with Crippen LogP contribution in [0.15, 0.2) is 12.2 Å². The maximum atomic E-state index is 12.3. The van der Waals surface area contributed by atoms with Gasteiger partial charge in [-0.1, -0.05) is 19.6 Å². The van der Waals surface area contributed by atoms with E-state index in [1.807, 2.05) is 0 Å². The first-order chi connectivity index (χ1) is 19.7. The highest BCUT2D eigenvalue weighted by atomic mass is 35.5. The molecule has 2 amide bonds. The molecule has 1 spiro atoms. The van der Waals surface area contributed by atoms with Gasteiger partial charge in [0.2, 0.25) is 0 Å². The van der Waals surface area contributed by atoms with E-state index in [9.17, 15) is 19.2 Å². The fraction of sp³-hybridized carbons (Fsp3) is 0.812. The fourth-order valence-electron chi connectivity index (χ4n) is 4.24. The van der Waals surface area contributed by atoms with Crippen LogP contribution in [0, 0.1) is 0 Å². The molecular formula is C32H56Cl2N2O9. The smallest absolute Gasteiger partial charge is 0.411 e. The third-order valence-electron chi connectivity index (χ3n) is 5.82. The normalized spacial score (nSPS) is 22.7. The number of ether oxygens (including phenoxy) is 5. The molecule has 45 heavy (non-hydrogen) atoms. The van der Waals surface area contributed by atoms with Gasteiger partial charge in [0, 0.05) is 19.4 Å². The van der Waals surface area contributed by atoms with Crippen LogP contribution in [0.5, 0.6) is 0 Å². The van der Waals surface area contributed by atoms with Gasteiger partial charge in [0.15, 0.2) is 0 Å². The van der Waals surface area contributed by atoms with E-state index >= 15 is 0 Å². The summed E-state index contributed by atoms with van der Waals surface area (Å²) in [5.41, 5.74) is -1.92. The number of carbonyl (C=O) groups is 4. The second-order valence-corrected chi connectivity index (χ2v) is 15.9. The molecule has 11 nitrogen and oxygen atoms in total. The molecule has 3 atom stereocenters. The number of halogens is 2. The number of carbonyl (C=O) groups excluding carboxylic acids is 4. The highest BCUT2D eigenvalue weighted by Crippen LogP contribution is 2.41. The SMILES string of the molecule is C.C=C1C[C@@H](C(=O)OC(C)(C)C)N(C(=O)OC(C)(C)C)C1.CC(C)(C)OC(=O)[C@@H]1C[C@]2(CO2)CN1C(=O)OC(C)(C)C.ClCCl. The lowest BCUT2D eigenvalue weighted by atomic mass is 10.1. The van der Waals surface area contributed by atoms with Crippen LogP contribution in [0.4, 0.5) is 9.59 Å². The van der Waals surface area contributed by atoms with Gasteiger partial charge in [0.05, 0.1) is 18.5 Å². The quantitative estimate of drug-likeness (QED) is 0.0990. The summed E-state index contributed by atoms with van der Waals surface area (Å²) in [6.07, 6.45) is -0.104. The van der Waals surface area contributed by atoms with Crippen LogP contribution in [0.3, 0.4) is 0 Å². The van der Waals surface area contributed by atoms with Crippen LogP contribution in [0.1, 0.15) is 103 Å². The standard InChI is InChI=1S/C15H25NO5.C15H25NO4.CH2Cl2.CH4/c1-13(2,3)20-11(17)10-7-15(9-19-15)8-16(10)12(18)21-14(4,5)6;1-10-8-11(12(17)19-14(2,3)4)16(9-10)13(18)20-15(5,6)7;2-1-3;/h10H,7-9H2,1-6H3;11H,1,8-9H2,2-7H3;1H2;1H4/t10-,15+;11-;;/m00../s1. The number of amides is 2. The molecule has 0 aromatic rings. The predicted octanol–water partition coefficient (Wildman–Crippen LogP) is 7.06. The first kappa shape index (κ1) is 42.8. The van der Waals surface area contributed by atoms with Crippen molar-refractivity contribution < 1.29 is 42.9 Å². The predicted molar refractivity (Wildman–Crippen MR) is 176 cm³/mol. The number of epoxide rings is 1. The molecule has 0 bridgehead atoms. The van der Waals surface area contributed by atoms with Gasteiger partial charge in [0.25, 0.3) is 0 Å². The van der Waals surface area contributed by atoms with E-state index in [4.69, 9.17) is 46.9 Å². The summed E-state index contributed by atoms with van der Waals surface area (Å²) in [7, 11) is 0. The topological polar surface area (TPSA) is 124 Å². The Morgan fingerprint density at radius 3 is 1.47 bits per heavy atom. The molecular weight excluding hydrogens is 627 g/mol. The van der Waals surface area contributed by atoms with Crippen molar-refractivity contribution in [1.29, 1.82) is 0 Å². The monoisotopic (exact) mass is 682 g/mol. The molecule has 0 aromatic heterocycles. The van der Waals surface area contributed by atoms with E-state index in [1.165, 1.54) is 9.80 Å². The van der Waals surface area contributed by atoms with Gasteiger partial charge in [-0.3, -0.25) is 9.80 Å². The van der Waals surface area contributed by atoms with Gasteiger partial charge in [-0.25, -0.2) is 19.2 Å². The molecule has 0 aromatic carbocycles. The van der Waals surface area contributed by atoms with E-state index in [-0.39, 0.29) is 18.4 Å². The highest BCUT2D eigenvalue weighted by molar-refractivity contribution is 6.40. The van der Waals surface area contributed by atoms with Gasteiger partial charge in [0.1, 0.15) is 40.1 Å². The van der Waals surface area contributed by atoms with Gasteiger partial charge < -0.3 is 23.7 Å². The number of hydrogen-bond acceptors (Lipinski definition) is 9. The van der Waals surface area contributed by atoms with Crippen molar-refractivity contribution in [3.63, 3.8) is 0 Å². The van der Waals surface area contributed by atoms with Crippen molar-refractivity contribution in [2.24, 2.45) is 0 Å². The Morgan fingerprint density at radius 2 is 1.11 bits per heavy atom. The number of likely N-dealkylation sites (tertiary alicyclic amines) is 2. The van der Waals surface area contributed by atoms with Gasteiger partial charge in [-0.15, -0.1) is 23.2 Å². The minimum absolute atomic E-state index is 0. The Kier molecular flexibility index (Phi) is 15.2. The molecule has 0 radical (unpaired) electrons. The Labute approximate surface area is 280 Å². The maximum absolute atomic E-state index is 12.3.